The fourth-order valence-electron chi connectivity index (χ4n) is 8.13. The minimum absolute atomic E-state index is 0.0119. The summed E-state index contributed by atoms with van der Waals surface area (Å²) >= 11 is 1.50. The van der Waals surface area contributed by atoms with Gasteiger partial charge in [-0.05, 0) is 74.2 Å². The molecule has 0 aromatic heterocycles. The van der Waals surface area contributed by atoms with Crippen LogP contribution in [0.1, 0.15) is 78.6 Å². The summed E-state index contributed by atoms with van der Waals surface area (Å²) in [4.78, 5) is 36.4. The summed E-state index contributed by atoms with van der Waals surface area (Å²) in [6, 6.07) is 0. The number of carbonyl (C=O) groups is 3. The molecule has 1 heterocycles. The van der Waals surface area contributed by atoms with Crippen molar-refractivity contribution in [1.29, 1.82) is 0 Å². The predicted octanol–water partition coefficient (Wildman–Crippen LogP) is 4.85. The highest BCUT2D eigenvalue weighted by molar-refractivity contribution is 8.14. The van der Waals surface area contributed by atoms with Gasteiger partial charge in [0.05, 0.1) is 0 Å². The summed E-state index contributed by atoms with van der Waals surface area (Å²) in [5, 5.41) is 0.409. The van der Waals surface area contributed by atoms with E-state index in [1.807, 2.05) is 6.08 Å². The van der Waals surface area contributed by atoms with Crippen molar-refractivity contribution in [3.8, 4) is 0 Å². The summed E-state index contributed by atoms with van der Waals surface area (Å²) in [6.45, 7) is 6.42. The van der Waals surface area contributed by atoms with Crippen molar-refractivity contribution >= 4 is 28.6 Å². The highest BCUT2D eigenvalue weighted by Gasteiger charge is 2.68. The number of hydrogen-bond acceptors (Lipinski definition) is 5. The van der Waals surface area contributed by atoms with Gasteiger partial charge in [0.15, 0.2) is 10.9 Å². The van der Waals surface area contributed by atoms with Crippen LogP contribution >= 0.6 is 11.8 Å². The Morgan fingerprint density at radius 2 is 1.83 bits per heavy atom. The molecule has 0 amide bonds. The molecule has 5 aliphatic rings. The van der Waals surface area contributed by atoms with Gasteiger partial charge >= 0.3 is 5.97 Å². The largest absolute Gasteiger partial charge is 0.458 e. The minimum atomic E-state index is -0.287. The molecule has 5 rings (SSSR count). The van der Waals surface area contributed by atoms with Gasteiger partial charge in [0.1, 0.15) is 5.60 Å². The molecule has 1 saturated heterocycles. The van der Waals surface area contributed by atoms with Crippen molar-refractivity contribution in [3.05, 3.63) is 11.6 Å². The Morgan fingerprint density at radius 1 is 1.07 bits per heavy atom. The Hall–Kier alpha value is -1.10. The lowest BCUT2D eigenvalue weighted by Gasteiger charge is -2.61. The zero-order valence-electron chi connectivity index (χ0n) is 17.8. The second-order valence-corrected chi connectivity index (χ2v) is 12.1. The number of carbonyl (C=O) groups excluding carboxylic acids is 3. The molecule has 1 spiro atoms. The van der Waals surface area contributed by atoms with Crippen molar-refractivity contribution in [1.82, 2.24) is 0 Å². The molecule has 0 radical (unpaired) electrons. The molecule has 0 aromatic rings. The first kappa shape index (κ1) is 19.8. The lowest BCUT2D eigenvalue weighted by molar-refractivity contribution is -0.167. The predicted molar refractivity (Wildman–Crippen MR) is 112 cm³/mol. The second-order valence-electron chi connectivity index (χ2n) is 10.7. The number of rotatable bonds is 1. The molecule has 5 unspecified atom stereocenters. The first-order chi connectivity index (χ1) is 13.7. The van der Waals surface area contributed by atoms with Crippen molar-refractivity contribution in [2.45, 2.75) is 89.4 Å². The first-order valence-electron chi connectivity index (χ1n) is 11.3. The van der Waals surface area contributed by atoms with Crippen LogP contribution in [0.25, 0.3) is 0 Å². The Balaban J connectivity index is 1.56. The van der Waals surface area contributed by atoms with Gasteiger partial charge in [0.2, 0.25) is 0 Å². The van der Waals surface area contributed by atoms with Crippen LogP contribution in [0, 0.1) is 28.6 Å². The van der Waals surface area contributed by atoms with Crippen molar-refractivity contribution < 1.29 is 19.1 Å². The van der Waals surface area contributed by atoms with E-state index in [-0.39, 0.29) is 38.5 Å². The molecule has 0 aromatic carbocycles. The van der Waals surface area contributed by atoms with E-state index in [4.69, 9.17) is 4.74 Å². The van der Waals surface area contributed by atoms with Crippen molar-refractivity contribution in [2.24, 2.45) is 28.6 Å². The van der Waals surface area contributed by atoms with E-state index in [0.717, 1.165) is 44.9 Å². The summed E-state index contributed by atoms with van der Waals surface area (Å²) in [6.07, 6.45) is 10.0. The fraction of sp³-hybridized carbons (Fsp3) is 0.792. The number of hydrogen-bond donors (Lipinski definition) is 0. The Morgan fingerprint density at radius 3 is 2.52 bits per heavy atom. The van der Waals surface area contributed by atoms with Gasteiger partial charge in [0.25, 0.3) is 0 Å². The van der Waals surface area contributed by atoms with Crippen molar-refractivity contribution in [3.63, 3.8) is 0 Å². The number of ether oxygens (including phenoxy) is 1. The maximum Gasteiger partial charge on any atom is 0.306 e. The number of ketones is 1. The average Bonchev–Trinajstić information content (AvgIpc) is 3.17. The van der Waals surface area contributed by atoms with Crippen LogP contribution in [0.5, 0.6) is 0 Å². The molecule has 29 heavy (non-hydrogen) atoms. The molecule has 1 aliphatic heterocycles. The molecule has 0 N–H and O–H groups in total. The van der Waals surface area contributed by atoms with Crippen LogP contribution in [-0.2, 0) is 19.1 Å². The molecular formula is C24H32O4S. The second kappa shape index (κ2) is 6.45. The number of allylic oxidation sites excluding steroid dienone is 1. The quantitative estimate of drug-likeness (QED) is 0.572. The molecule has 7 atom stereocenters. The standard InChI is InChI=1S/C24H32O4S/c1-14(25)29-19-13-15-12-16(26)4-8-22(15,2)17-5-9-23(3)18(21(17)19)6-10-24(23)11-7-20(27)28-24/h12,17-19,21H,4-11,13H2,1-3H3/t17?,18?,19-,21?,22?,23?,24-/m1/s1. The van der Waals surface area contributed by atoms with E-state index >= 15 is 0 Å². The van der Waals surface area contributed by atoms with E-state index < -0.39 is 0 Å². The first-order valence-corrected chi connectivity index (χ1v) is 12.2. The molecular weight excluding hydrogens is 384 g/mol. The highest BCUT2D eigenvalue weighted by Crippen LogP contribution is 2.70. The summed E-state index contributed by atoms with van der Waals surface area (Å²) in [5.41, 5.74) is 1.09. The van der Waals surface area contributed by atoms with Crippen LogP contribution in [0.4, 0.5) is 0 Å². The fourth-order valence-corrected chi connectivity index (χ4v) is 9.36. The molecule has 4 nitrogen and oxygen atoms in total. The third kappa shape index (κ3) is 2.68. The highest BCUT2D eigenvalue weighted by atomic mass is 32.2. The lowest BCUT2D eigenvalue weighted by atomic mass is 9.46. The Bertz CT molecular complexity index is 818. The van der Waals surface area contributed by atoms with Gasteiger partial charge in [0, 0.05) is 30.4 Å². The zero-order chi connectivity index (χ0) is 20.6. The molecule has 4 fully saturated rings. The number of thioether (sulfide) groups is 1. The molecule has 158 valence electrons. The SMILES string of the molecule is CC(=O)S[C@@H]1CC2=CC(=O)CCC2(C)C2CCC3(C)C(CC[C@@]34CCC(=O)O4)C21. The van der Waals surface area contributed by atoms with Crippen LogP contribution < -0.4 is 0 Å². The van der Waals surface area contributed by atoms with E-state index in [1.165, 1.54) is 17.3 Å². The Labute approximate surface area is 177 Å². The Kier molecular flexibility index (Phi) is 4.41. The van der Waals surface area contributed by atoms with Gasteiger partial charge in [-0.25, -0.2) is 0 Å². The number of fused-ring (bicyclic) bond motifs is 6. The molecule has 0 bridgehead atoms. The van der Waals surface area contributed by atoms with Crippen LogP contribution in [0.3, 0.4) is 0 Å². The number of esters is 1. The summed E-state index contributed by atoms with van der Waals surface area (Å²) in [7, 11) is 0. The maximum absolute atomic E-state index is 12.2. The van der Waals surface area contributed by atoms with E-state index in [9.17, 15) is 14.4 Å². The molecule has 5 heteroatoms. The van der Waals surface area contributed by atoms with E-state index in [2.05, 4.69) is 13.8 Å². The zero-order valence-corrected chi connectivity index (χ0v) is 18.6. The van der Waals surface area contributed by atoms with Crippen LogP contribution in [-0.4, -0.2) is 27.7 Å². The van der Waals surface area contributed by atoms with Gasteiger partial charge in [-0.3, -0.25) is 14.4 Å². The third-order valence-electron chi connectivity index (χ3n) is 9.61. The summed E-state index contributed by atoms with van der Waals surface area (Å²) in [5.74, 6) is 1.67. The average molecular weight is 417 g/mol. The smallest absolute Gasteiger partial charge is 0.306 e. The van der Waals surface area contributed by atoms with Crippen molar-refractivity contribution in [2.75, 3.05) is 0 Å². The topological polar surface area (TPSA) is 60.4 Å². The van der Waals surface area contributed by atoms with E-state index in [1.54, 1.807) is 6.92 Å². The summed E-state index contributed by atoms with van der Waals surface area (Å²) < 4.78 is 6.06. The minimum Gasteiger partial charge on any atom is -0.458 e. The van der Waals surface area contributed by atoms with E-state index in [0.29, 0.717) is 30.6 Å². The van der Waals surface area contributed by atoms with Gasteiger partial charge in [-0.15, -0.1) is 0 Å². The lowest BCUT2D eigenvalue weighted by Crippen LogP contribution is -2.57. The van der Waals surface area contributed by atoms with Gasteiger partial charge < -0.3 is 4.74 Å². The third-order valence-corrected chi connectivity index (χ3v) is 10.7. The maximum atomic E-state index is 12.2. The molecule has 3 saturated carbocycles. The normalized spacial score (nSPS) is 48.6. The van der Waals surface area contributed by atoms with Gasteiger partial charge in [-0.2, -0.15) is 0 Å². The van der Waals surface area contributed by atoms with Gasteiger partial charge in [-0.1, -0.05) is 31.2 Å². The van der Waals surface area contributed by atoms with Crippen LogP contribution in [0.15, 0.2) is 11.6 Å². The monoisotopic (exact) mass is 416 g/mol. The molecule has 4 aliphatic carbocycles. The van der Waals surface area contributed by atoms with Crippen LogP contribution in [0.2, 0.25) is 0 Å².